The van der Waals surface area contributed by atoms with Gasteiger partial charge in [-0.15, -0.1) is 11.3 Å². The molecule has 1 saturated carbocycles. The van der Waals surface area contributed by atoms with E-state index in [1.807, 2.05) is 0 Å². The SMILES string of the molecule is CC(C)(O)CNC(=O)c1nc(C(=O)N2CCC(F)CC2)c(-c2cnc(NCCC3CC3)cc2C(F)(F)F)s1. The number of piperidine rings is 1. The molecule has 2 aromatic heterocycles. The van der Waals surface area contributed by atoms with Gasteiger partial charge in [0.15, 0.2) is 5.01 Å². The molecule has 0 unspecified atom stereocenters. The van der Waals surface area contributed by atoms with Crippen LogP contribution in [0.25, 0.3) is 10.4 Å². The highest BCUT2D eigenvalue weighted by Crippen LogP contribution is 2.42. The van der Waals surface area contributed by atoms with E-state index >= 15 is 0 Å². The Morgan fingerprint density at radius 2 is 1.87 bits per heavy atom. The highest BCUT2D eigenvalue weighted by molar-refractivity contribution is 7.17. The lowest BCUT2D eigenvalue weighted by Crippen LogP contribution is -2.39. The van der Waals surface area contributed by atoms with Gasteiger partial charge in [-0.3, -0.25) is 9.59 Å². The highest BCUT2D eigenvalue weighted by Gasteiger charge is 2.38. The third kappa shape index (κ3) is 7.19. The number of hydrogen-bond donors (Lipinski definition) is 3. The van der Waals surface area contributed by atoms with Gasteiger partial charge in [0, 0.05) is 37.9 Å². The van der Waals surface area contributed by atoms with Gasteiger partial charge in [0.1, 0.15) is 17.7 Å². The Labute approximate surface area is 221 Å². The van der Waals surface area contributed by atoms with Crippen molar-refractivity contribution in [1.82, 2.24) is 20.2 Å². The minimum atomic E-state index is -4.77. The van der Waals surface area contributed by atoms with Gasteiger partial charge in [-0.25, -0.2) is 14.4 Å². The predicted octanol–water partition coefficient (Wildman–Crippen LogP) is 4.51. The van der Waals surface area contributed by atoms with Gasteiger partial charge in [0.25, 0.3) is 11.8 Å². The minimum absolute atomic E-state index is 0.0623. The molecule has 38 heavy (non-hydrogen) atoms. The first-order valence-corrected chi connectivity index (χ1v) is 13.4. The molecule has 0 aromatic carbocycles. The number of alkyl halides is 4. The van der Waals surface area contributed by atoms with Crippen molar-refractivity contribution in [2.24, 2.45) is 5.92 Å². The maximum Gasteiger partial charge on any atom is 0.417 e. The van der Waals surface area contributed by atoms with Crippen molar-refractivity contribution in [1.29, 1.82) is 0 Å². The Kier molecular flexibility index (Phi) is 8.26. The van der Waals surface area contributed by atoms with E-state index in [9.17, 15) is 32.3 Å². The molecule has 1 aliphatic heterocycles. The van der Waals surface area contributed by atoms with Crippen LogP contribution in [0, 0.1) is 5.92 Å². The number of amides is 2. The number of pyridine rings is 1. The fraction of sp³-hybridized carbons (Fsp3) is 0.600. The van der Waals surface area contributed by atoms with Crippen LogP contribution in [0.2, 0.25) is 0 Å². The molecule has 0 radical (unpaired) electrons. The van der Waals surface area contributed by atoms with E-state index in [0.29, 0.717) is 23.8 Å². The number of nitrogens with one attached hydrogen (secondary N) is 2. The van der Waals surface area contributed by atoms with Crippen LogP contribution in [-0.4, -0.2) is 69.7 Å². The van der Waals surface area contributed by atoms with E-state index in [1.165, 1.54) is 18.7 Å². The Bertz CT molecular complexity index is 1170. The van der Waals surface area contributed by atoms with Gasteiger partial charge in [0.05, 0.1) is 16.0 Å². The van der Waals surface area contributed by atoms with Gasteiger partial charge in [-0.05, 0) is 45.1 Å². The van der Waals surface area contributed by atoms with Crippen molar-refractivity contribution in [3.8, 4) is 10.4 Å². The normalized spacial score (nSPS) is 17.0. The number of carbonyl (C=O) groups excluding carboxylic acids is 2. The summed E-state index contributed by atoms with van der Waals surface area (Å²) in [6, 6.07) is 0.902. The summed E-state index contributed by atoms with van der Waals surface area (Å²) in [5.41, 5.74) is -2.93. The smallest absolute Gasteiger partial charge is 0.389 e. The molecule has 1 aliphatic carbocycles. The van der Waals surface area contributed by atoms with Crippen LogP contribution in [-0.2, 0) is 6.18 Å². The molecule has 2 amide bonds. The monoisotopic (exact) mass is 557 g/mol. The fourth-order valence-electron chi connectivity index (χ4n) is 4.10. The molecule has 0 atom stereocenters. The summed E-state index contributed by atoms with van der Waals surface area (Å²) < 4.78 is 56.3. The lowest BCUT2D eigenvalue weighted by atomic mass is 10.0. The topological polar surface area (TPSA) is 107 Å². The molecule has 4 rings (SSSR count). The third-order valence-corrected chi connectivity index (χ3v) is 7.51. The molecule has 3 heterocycles. The number of aromatic nitrogens is 2. The first-order chi connectivity index (χ1) is 17.8. The van der Waals surface area contributed by atoms with Crippen LogP contribution in [0.3, 0.4) is 0 Å². The molecule has 13 heteroatoms. The average Bonchev–Trinajstić information content (AvgIpc) is 3.56. The van der Waals surface area contributed by atoms with E-state index < -0.39 is 35.3 Å². The van der Waals surface area contributed by atoms with Crippen LogP contribution in [0.1, 0.15) is 71.8 Å². The molecule has 2 aliphatic rings. The van der Waals surface area contributed by atoms with E-state index in [2.05, 4.69) is 20.6 Å². The maximum atomic E-state index is 14.2. The van der Waals surface area contributed by atoms with Gasteiger partial charge in [-0.1, -0.05) is 12.8 Å². The van der Waals surface area contributed by atoms with Crippen molar-refractivity contribution in [3.63, 3.8) is 0 Å². The Morgan fingerprint density at radius 1 is 1.18 bits per heavy atom. The van der Waals surface area contributed by atoms with E-state index in [0.717, 1.165) is 31.5 Å². The second kappa shape index (κ2) is 11.1. The van der Waals surface area contributed by atoms with Crippen molar-refractivity contribution in [2.75, 3.05) is 31.5 Å². The zero-order valence-electron chi connectivity index (χ0n) is 21.2. The molecule has 208 valence electrons. The number of rotatable bonds is 9. The average molecular weight is 558 g/mol. The van der Waals surface area contributed by atoms with E-state index in [4.69, 9.17) is 0 Å². The second-order valence-electron chi connectivity index (χ2n) is 10.4. The quantitative estimate of drug-likeness (QED) is 0.392. The van der Waals surface area contributed by atoms with Gasteiger partial charge >= 0.3 is 6.18 Å². The first kappa shape index (κ1) is 28.2. The zero-order valence-corrected chi connectivity index (χ0v) is 22.0. The van der Waals surface area contributed by atoms with Crippen molar-refractivity contribution in [3.05, 3.63) is 28.5 Å². The van der Waals surface area contributed by atoms with Crippen molar-refractivity contribution < 1.29 is 32.3 Å². The number of halogens is 4. The number of anilines is 1. The Morgan fingerprint density at radius 3 is 2.47 bits per heavy atom. The largest absolute Gasteiger partial charge is 0.417 e. The summed E-state index contributed by atoms with van der Waals surface area (Å²) in [6.07, 6.45) is -1.47. The number of hydrogen-bond acceptors (Lipinski definition) is 7. The summed E-state index contributed by atoms with van der Waals surface area (Å²) in [4.78, 5) is 35.6. The molecule has 2 aromatic rings. The Balaban J connectivity index is 1.70. The van der Waals surface area contributed by atoms with Crippen LogP contribution in [0.4, 0.5) is 23.4 Å². The molecule has 0 spiro atoms. The summed E-state index contributed by atoms with van der Waals surface area (Å²) >= 11 is 0.644. The van der Waals surface area contributed by atoms with Crippen LogP contribution < -0.4 is 10.6 Å². The van der Waals surface area contributed by atoms with Crippen molar-refractivity contribution >= 4 is 29.0 Å². The first-order valence-electron chi connectivity index (χ1n) is 12.6. The summed E-state index contributed by atoms with van der Waals surface area (Å²) in [7, 11) is 0. The standard InChI is InChI=1S/C25H31F4N5O3S/c1-24(2,37)13-32-21(35)22-33-19(23(36)34-9-6-15(26)7-10-34)20(38-22)16-12-31-18(11-17(16)25(27,28)29)30-8-5-14-3-4-14/h11-12,14-15,37H,3-10,13H2,1-2H3,(H,30,31)(H,32,35). The van der Waals surface area contributed by atoms with Gasteiger partial charge in [-0.2, -0.15) is 13.2 Å². The zero-order chi connectivity index (χ0) is 27.7. The molecular formula is C25H31F4N5O3S. The van der Waals surface area contributed by atoms with Crippen molar-refractivity contribution in [2.45, 2.75) is 63.9 Å². The Hall–Kier alpha value is -2.80. The lowest BCUT2D eigenvalue weighted by molar-refractivity contribution is -0.137. The van der Waals surface area contributed by atoms with Crippen LogP contribution >= 0.6 is 11.3 Å². The van der Waals surface area contributed by atoms with Crippen LogP contribution in [0.5, 0.6) is 0 Å². The maximum absolute atomic E-state index is 14.2. The molecule has 1 saturated heterocycles. The molecule has 8 nitrogen and oxygen atoms in total. The summed E-state index contributed by atoms with van der Waals surface area (Å²) in [5, 5.41) is 15.1. The summed E-state index contributed by atoms with van der Waals surface area (Å²) in [5.74, 6) is -0.755. The number of thiazole rings is 1. The third-order valence-electron chi connectivity index (χ3n) is 6.43. The van der Waals surface area contributed by atoms with Crippen LogP contribution in [0.15, 0.2) is 12.3 Å². The fourth-order valence-corrected chi connectivity index (χ4v) is 5.09. The van der Waals surface area contributed by atoms with E-state index in [1.54, 1.807) is 0 Å². The van der Waals surface area contributed by atoms with E-state index in [-0.39, 0.29) is 59.4 Å². The minimum Gasteiger partial charge on any atom is -0.389 e. The number of aliphatic hydroxyl groups is 1. The summed E-state index contributed by atoms with van der Waals surface area (Å²) in [6.45, 7) is 3.49. The predicted molar refractivity (Wildman–Crippen MR) is 135 cm³/mol. The second-order valence-corrected chi connectivity index (χ2v) is 11.4. The molecule has 0 bridgehead atoms. The highest BCUT2D eigenvalue weighted by atomic mass is 32.1. The number of nitrogens with zero attached hydrogens (tertiary/aromatic N) is 3. The van der Waals surface area contributed by atoms with Gasteiger partial charge in [0.2, 0.25) is 0 Å². The van der Waals surface area contributed by atoms with Gasteiger partial charge < -0.3 is 20.6 Å². The molecule has 2 fully saturated rings. The number of carbonyl (C=O) groups is 2. The molecular weight excluding hydrogens is 526 g/mol. The number of likely N-dealkylation sites (tertiary alicyclic amines) is 1. The molecule has 3 N–H and O–H groups in total. The lowest BCUT2D eigenvalue weighted by Gasteiger charge is -2.28.